The Morgan fingerprint density at radius 2 is 1.84 bits per heavy atom. The van der Waals surface area contributed by atoms with Crippen molar-refractivity contribution in [3.8, 4) is 0 Å². The second-order valence-electron chi connectivity index (χ2n) is 6.29. The molecule has 0 saturated heterocycles. The van der Waals surface area contributed by atoms with Gasteiger partial charge in [0.25, 0.3) is 0 Å². The molecule has 0 bridgehead atoms. The Balaban J connectivity index is 2.23. The van der Waals surface area contributed by atoms with E-state index in [4.69, 9.17) is 0 Å². The number of hydrogen-bond acceptors (Lipinski definition) is 1. The van der Waals surface area contributed by atoms with E-state index in [0.29, 0.717) is 11.8 Å². The molecule has 1 saturated carbocycles. The number of carboxylic acid groups (broad SMARTS) is 1. The molecular weight excluding hydrogens is 236 g/mol. The SMILES string of the molecule is CC1CCC(C(=O)O)C(c2ccc(C(C)C)cc2)C1. The molecule has 0 aromatic heterocycles. The fourth-order valence-electron chi connectivity index (χ4n) is 3.17. The van der Waals surface area contributed by atoms with Crippen molar-refractivity contribution in [2.24, 2.45) is 11.8 Å². The van der Waals surface area contributed by atoms with Gasteiger partial charge in [-0.15, -0.1) is 0 Å². The van der Waals surface area contributed by atoms with Gasteiger partial charge in [-0.1, -0.05) is 45.0 Å². The van der Waals surface area contributed by atoms with E-state index in [-0.39, 0.29) is 11.8 Å². The molecule has 1 fully saturated rings. The molecule has 3 unspecified atom stereocenters. The van der Waals surface area contributed by atoms with Crippen LogP contribution in [0.2, 0.25) is 0 Å². The van der Waals surface area contributed by atoms with Crippen LogP contribution in [0.5, 0.6) is 0 Å². The first-order valence-electron chi connectivity index (χ1n) is 7.31. The minimum Gasteiger partial charge on any atom is -0.481 e. The molecular formula is C17H24O2. The lowest BCUT2D eigenvalue weighted by Gasteiger charge is -2.32. The highest BCUT2D eigenvalue weighted by Gasteiger charge is 2.34. The van der Waals surface area contributed by atoms with Gasteiger partial charge in [-0.05, 0) is 48.1 Å². The van der Waals surface area contributed by atoms with Gasteiger partial charge in [0, 0.05) is 0 Å². The Morgan fingerprint density at radius 3 is 2.37 bits per heavy atom. The topological polar surface area (TPSA) is 37.3 Å². The van der Waals surface area contributed by atoms with E-state index in [9.17, 15) is 9.90 Å². The van der Waals surface area contributed by atoms with Gasteiger partial charge < -0.3 is 5.11 Å². The smallest absolute Gasteiger partial charge is 0.307 e. The highest BCUT2D eigenvalue weighted by molar-refractivity contribution is 5.71. The van der Waals surface area contributed by atoms with Gasteiger partial charge in [0.1, 0.15) is 0 Å². The quantitative estimate of drug-likeness (QED) is 0.873. The first-order chi connectivity index (χ1) is 8.99. The summed E-state index contributed by atoms with van der Waals surface area (Å²) in [7, 11) is 0. The van der Waals surface area contributed by atoms with Crippen LogP contribution in [0.15, 0.2) is 24.3 Å². The molecule has 0 aliphatic heterocycles. The summed E-state index contributed by atoms with van der Waals surface area (Å²) in [5.74, 6) is 0.494. The van der Waals surface area contributed by atoms with Crippen LogP contribution >= 0.6 is 0 Å². The third kappa shape index (κ3) is 3.17. The van der Waals surface area contributed by atoms with Crippen LogP contribution < -0.4 is 0 Å². The van der Waals surface area contributed by atoms with E-state index in [1.807, 2.05) is 0 Å². The Morgan fingerprint density at radius 1 is 1.21 bits per heavy atom. The van der Waals surface area contributed by atoms with E-state index in [0.717, 1.165) is 19.3 Å². The number of carbonyl (C=O) groups is 1. The van der Waals surface area contributed by atoms with E-state index in [1.54, 1.807) is 0 Å². The monoisotopic (exact) mass is 260 g/mol. The van der Waals surface area contributed by atoms with Crippen LogP contribution in [0, 0.1) is 11.8 Å². The summed E-state index contributed by atoms with van der Waals surface area (Å²) < 4.78 is 0. The average molecular weight is 260 g/mol. The molecule has 2 heteroatoms. The number of carboxylic acids is 1. The molecule has 1 aliphatic rings. The molecule has 19 heavy (non-hydrogen) atoms. The van der Waals surface area contributed by atoms with Crippen LogP contribution in [-0.4, -0.2) is 11.1 Å². The molecule has 2 nitrogen and oxygen atoms in total. The minimum atomic E-state index is -0.634. The Bertz CT molecular complexity index is 433. The van der Waals surface area contributed by atoms with E-state index < -0.39 is 5.97 Å². The molecule has 0 heterocycles. The lowest BCUT2D eigenvalue weighted by Crippen LogP contribution is -2.28. The fraction of sp³-hybridized carbons (Fsp3) is 0.588. The predicted molar refractivity (Wildman–Crippen MR) is 77.4 cm³/mol. The zero-order valence-corrected chi connectivity index (χ0v) is 12.1. The van der Waals surface area contributed by atoms with Crippen molar-refractivity contribution in [2.75, 3.05) is 0 Å². The number of benzene rings is 1. The summed E-state index contributed by atoms with van der Waals surface area (Å²) in [6, 6.07) is 8.57. The van der Waals surface area contributed by atoms with E-state index in [1.165, 1.54) is 11.1 Å². The Hall–Kier alpha value is -1.31. The normalized spacial score (nSPS) is 27.5. The maximum atomic E-state index is 11.4. The van der Waals surface area contributed by atoms with Crippen molar-refractivity contribution in [3.63, 3.8) is 0 Å². The van der Waals surface area contributed by atoms with Crippen molar-refractivity contribution in [2.45, 2.75) is 51.9 Å². The largest absolute Gasteiger partial charge is 0.481 e. The van der Waals surface area contributed by atoms with Crippen LogP contribution in [0.4, 0.5) is 0 Å². The second kappa shape index (κ2) is 5.77. The summed E-state index contributed by atoms with van der Waals surface area (Å²) >= 11 is 0. The summed E-state index contributed by atoms with van der Waals surface area (Å²) in [6.45, 7) is 6.59. The second-order valence-corrected chi connectivity index (χ2v) is 6.29. The third-order valence-corrected chi connectivity index (χ3v) is 4.46. The van der Waals surface area contributed by atoms with Crippen molar-refractivity contribution in [1.29, 1.82) is 0 Å². The molecule has 1 aromatic rings. The molecule has 1 aliphatic carbocycles. The minimum absolute atomic E-state index is 0.183. The average Bonchev–Trinajstić information content (AvgIpc) is 2.38. The Labute approximate surface area is 115 Å². The van der Waals surface area contributed by atoms with Crippen molar-refractivity contribution >= 4 is 5.97 Å². The van der Waals surface area contributed by atoms with Gasteiger partial charge in [0.15, 0.2) is 0 Å². The van der Waals surface area contributed by atoms with Crippen LogP contribution in [0.1, 0.15) is 63.0 Å². The summed E-state index contributed by atoms with van der Waals surface area (Å²) in [4.78, 5) is 11.4. The summed E-state index contributed by atoms with van der Waals surface area (Å²) in [5, 5.41) is 9.40. The fourth-order valence-corrected chi connectivity index (χ4v) is 3.17. The van der Waals surface area contributed by atoms with Gasteiger partial charge in [-0.3, -0.25) is 4.79 Å². The molecule has 0 amide bonds. The molecule has 3 atom stereocenters. The van der Waals surface area contributed by atoms with E-state index in [2.05, 4.69) is 45.0 Å². The van der Waals surface area contributed by atoms with Crippen LogP contribution in [0.3, 0.4) is 0 Å². The van der Waals surface area contributed by atoms with Gasteiger partial charge >= 0.3 is 5.97 Å². The first-order valence-corrected chi connectivity index (χ1v) is 7.31. The van der Waals surface area contributed by atoms with Gasteiger partial charge in [-0.2, -0.15) is 0 Å². The molecule has 0 spiro atoms. The maximum Gasteiger partial charge on any atom is 0.307 e. The first kappa shape index (κ1) is 14.1. The van der Waals surface area contributed by atoms with Crippen LogP contribution in [0.25, 0.3) is 0 Å². The lowest BCUT2D eigenvalue weighted by atomic mass is 9.71. The summed E-state index contributed by atoms with van der Waals surface area (Å²) in [5.41, 5.74) is 2.52. The molecule has 1 N–H and O–H groups in total. The highest BCUT2D eigenvalue weighted by atomic mass is 16.4. The number of hydrogen-bond donors (Lipinski definition) is 1. The van der Waals surface area contributed by atoms with E-state index >= 15 is 0 Å². The summed E-state index contributed by atoms with van der Waals surface area (Å²) in [6.07, 6.45) is 2.85. The zero-order chi connectivity index (χ0) is 14.0. The zero-order valence-electron chi connectivity index (χ0n) is 12.1. The van der Waals surface area contributed by atoms with Gasteiger partial charge in [-0.25, -0.2) is 0 Å². The Kier molecular flexibility index (Phi) is 4.28. The van der Waals surface area contributed by atoms with Crippen LogP contribution in [-0.2, 0) is 4.79 Å². The molecule has 104 valence electrons. The standard InChI is InChI=1S/C17H24O2/c1-11(2)13-5-7-14(8-6-13)16-10-12(3)4-9-15(16)17(18)19/h5-8,11-12,15-16H,4,9-10H2,1-3H3,(H,18,19). The van der Waals surface area contributed by atoms with Gasteiger partial charge in [0.05, 0.1) is 5.92 Å². The third-order valence-electron chi connectivity index (χ3n) is 4.46. The lowest BCUT2D eigenvalue weighted by molar-refractivity contribution is -0.143. The number of aliphatic carboxylic acids is 1. The number of rotatable bonds is 3. The van der Waals surface area contributed by atoms with Crippen molar-refractivity contribution in [1.82, 2.24) is 0 Å². The van der Waals surface area contributed by atoms with Crippen molar-refractivity contribution in [3.05, 3.63) is 35.4 Å². The predicted octanol–water partition coefficient (Wildman–Crippen LogP) is 4.41. The highest BCUT2D eigenvalue weighted by Crippen LogP contribution is 2.40. The van der Waals surface area contributed by atoms with Gasteiger partial charge in [0.2, 0.25) is 0 Å². The molecule has 1 aromatic carbocycles. The maximum absolute atomic E-state index is 11.4. The molecule has 2 rings (SSSR count). The molecule has 0 radical (unpaired) electrons. The van der Waals surface area contributed by atoms with Crippen molar-refractivity contribution < 1.29 is 9.90 Å².